The minimum Gasteiger partial charge on any atom is -0.395 e. The number of hydrogen-bond acceptors (Lipinski definition) is 7. The van der Waals surface area contributed by atoms with Gasteiger partial charge in [0.25, 0.3) is 0 Å². The van der Waals surface area contributed by atoms with Crippen LogP contribution in [0, 0.1) is 0 Å². The molecule has 4 atom stereocenters. The van der Waals surface area contributed by atoms with Crippen molar-refractivity contribution in [2.45, 2.75) is 30.5 Å². The molecule has 1 aliphatic rings. The third-order valence-electron chi connectivity index (χ3n) is 3.23. The van der Waals surface area contributed by atoms with Crippen molar-refractivity contribution in [1.29, 1.82) is 0 Å². The molecule has 1 aliphatic heterocycles. The summed E-state index contributed by atoms with van der Waals surface area (Å²) >= 11 is 0. The fraction of sp³-hybridized carbons (Fsp3) is 0.636. The molecular formula is C11H15F3N4O3. The predicted molar refractivity (Wildman–Crippen MR) is 65.3 cm³/mol. The highest BCUT2D eigenvalue weighted by Gasteiger charge is 2.37. The van der Waals surface area contributed by atoms with Crippen molar-refractivity contribution < 1.29 is 28.5 Å². The summed E-state index contributed by atoms with van der Waals surface area (Å²) in [6.45, 7) is -0.226. The van der Waals surface area contributed by atoms with Gasteiger partial charge in [0.1, 0.15) is 11.9 Å². The van der Waals surface area contributed by atoms with Gasteiger partial charge < -0.3 is 26.0 Å². The molecule has 10 heteroatoms. The molecule has 7 nitrogen and oxygen atoms in total. The van der Waals surface area contributed by atoms with E-state index in [-0.39, 0.29) is 19.0 Å². The van der Waals surface area contributed by atoms with Gasteiger partial charge in [0, 0.05) is 6.54 Å². The van der Waals surface area contributed by atoms with Crippen molar-refractivity contribution in [3.05, 3.63) is 18.1 Å². The van der Waals surface area contributed by atoms with Crippen molar-refractivity contribution in [2.75, 3.05) is 18.5 Å². The molecule has 0 spiro atoms. The molecule has 5 N–H and O–H groups in total. The van der Waals surface area contributed by atoms with Crippen molar-refractivity contribution in [3.8, 4) is 0 Å². The number of rotatable bonds is 3. The van der Waals surface area contributed by atoms with Gasteiger partial charge in [-0.2, -0.15) is 13.2 Å². The molecule has 1 aromatic heterocycles. The van der Waals surface area contributed by atoms with Crippen molar-refractivity contribution in [2.24, 2.45) is 0 Å². The van der Waals surface area contributed by atoms with E-state index in [4.69, 9.17) is 5.11 Å². The number of aliphatic hydroxyl groups is 3. The molecule has 0 aliphatic carbocycles. The molecule has 2 rings (SSSR count). The van der Waals surface area contributed by atoms with E-state index in [2.05, 4.69) is 20.6 Å². The Morgan fingerprint density at radius 3 is 2.62 bits per heavy atom. The van der Waals surface area contributed by atoms with Crippen LogP contribution in [0.5, 0.6) is 0 Å². The Morgan fingerprint density at radius 2 is 2.00 bits per heavy atom. The molecule has 0 unspecified atom stereocenters. The lowest BCUT2D eigenvalue weighted by molar-refractivity contribution is -0.141. The monoisotopic (exact) mass is 308 g/mol. The van der Waals surface area contributed by atoms with Crippen LogP contribution in [0.3, 0.4) is 0 Å². The third kappa shape index (κ3) is 3.59. The van der Waals surface area contributed by atoms with Crippen LogP contribution in [0.4, 0.5) is 19.0 Å². The molecule has 21 heavy (non-hydrogen) atoms. The van der Waals surface area contributed by atoms with Crippen LogP contribution in [-0.2, 0) is 6.18 Å². The van der Waals surface area contributed by atoms with Crippen LogP contribution in [0.1, 0.15) is 5.69 Å². The first-order valence-electron chi connectivity index (χ1n) is 6.19. The van der Waals surface area contributed by atoms with Crippen molar-refractivity contribution in [1.82, 2.24) is 15.3 Å². The van der Waals surface area contributed by atoms with Crippen LogP contribution in [-0.4, -0.2) is 62.7 Å². The van der Waals surface area contributed by atoms with E-state index < -0.39 is 36.2 Å². The Labute approximate surface area is 117 Å². The molecule has 118 valence electrons. The number of aromatic nitrogens is 2. The second-order valence-electron chi connectivity index (χ2n) is 4.72. The van der Waals surface area contributed by atoms with E-state index in [1.807, 2.05) is 0 Å². The number of aliphatic hydroxyl groups excluding tert-OH is 3. The Balaban J connectivity index is 2.08. The van der Waals surface area contributed by atoms with Crippen molar-refractivity contribution in [3.63, 3.8) is 0 Å². The quantitative estimate of drug-likeness (QED) is 0.485. The first-order valence-corrected chi connectivity index (χ1v) is 6.19. The topological polar surface area (TPSA) is 111 Å². The van der Waals surface area contributed by atoms with E-state index in [0.717, 1.165) is 6.20 Å². The highest BCUT2D eigenvalue weighted by molar-refractivity contribution is 5.35. The first kappa shape index (κ1) is 15.9. The number of hydrogen-bond donors (Lipinski definition) is 5. The van der Waals surface area contributed by atoms with Gasteiger partial charge in [0.15, 0.2) is 5.69 Å². The summed E-state index contributed by atoms with van der Waals surface area (Å²) in [6, 6.07) is -1.45. The van der Waals surface area contributed by atoms with Crippen molar-refractivity contribution >= 4 is 5.82 Å². The third-order valence-corrected chi connectivity index (χ3v) is 3.23. The Kier molecular flexibility index (Phi) is 4.61. The maximum atomic E-state index is 12.5. The summed E-state index contributed by atoms with van der Waals surface area (Å²) in [6.07, 6.45) is -5.45. The molecule has 0 saturated carbocycles. The van der Waals surface area contributed by atoms with E-state index >= 15 is 0 Å². The minimum absolute atomic E-state index is 0.140. The number of alkyl halides is 3. The van der Waals surface area contributed by atoms with Gasteiger partial charge in [-0.3, -0.25) is 4.98 Å². The second-order valence-corrected chi connectivity index (χ2v) is 4.72. The zero-order chi connectivity index (χ0) is 15.6. The largest absolute Gasteiger partial charge is 0.434 e. The van der Waals surface area contributed by atoms with E-state index in [1.165, 1.54) is 0 Å². The van der Waals surface area contributed by atoms with Gasteiger partial charge in [-0.1, -0.05) is 0 Å². The van der Waals surface area contributed by atoms with E-state index in [0.29, 0.717) is 6.20 Å². The lowest BCUT2D eigenvalue weighted by Gasteiger charge is -2.38. The average molecular weight is 308 g/mol. The van der Waals surface area contributed by atoms with Gasteiger partial charge in [0.05, 0.1) is 37.2 Å². The van der Waals surface area contributed by atoms with Gasteiger partial charge in [-0.25, -0.2) is 4.98 Å². The van der Waals surface area contributed by atoms with Crippen LogP contribution in [0.25, 0.3) is 0 Å². The van der Waals surface area contributed by atoms with Crippen LogP contribution in [0.2, 0.25) is 0 Å². The number of halogens is 3. The SMILES string of the molecule is OC[C@H]1NC[C@H](Nc2cncc(C(F)(F)F)n2)[C@@H](O)[C@H]1O. The maximum absolute atomic E-state index is 12.5. The number of piperidine rings is 1. The fourth-order valence-corrected chi connectivity index (χ4v) is 2.07. The number of anilines is 1. The van der Waals surface area contributed by atoms with Gasteiger partial charge >= 0.3 is 6.18 Å². The number of nitrogens with one attached hydrogen (secondary N) is 2. The maximum Gasteiger partial charge on any atom is 0.434 e. The minimum atomic E-state index is -4.62. The predicted octanol–water partition coefficient (Wildman–Crippen LogP) is -1.04. The highest BCUT2D eigenvalue weighted by atomic mass is 19.4. The second kappa shape index (κ2) is 6.10. The van der Waals surface area contributed by atoms with Crippen LogP contribution in [0.15, 0.2) is 12.4 Å². The van der Waals surface area contributed by atoms with Gasteiger partial charge in [-0.05, 0) is 0 Å². The molecule has 2 heterocycles. The molecule has 1 saturated heterocycles. The Morgan fingerprint density at radius 1 is 1.29 bits per heavy atom. The zero-order valence-electron chi connectivity index (χ0n) is 10.7. The molecular weight excluding hydrogens is 293 g/mol. The molecule has 1 aromatic rings. The van der Waals surface area contributed by atoms with E-state index in [1.54, 1.807) is 0 Å². The summed E-state index contributed by atoms with van der Waals surface area (Å²) in [4.78, 5) is 6.81. The zero-order valence-corrected chi connectivity index (χ0v) is 10.7. The lowest BCUT2D eigenvalue weighted by atomic mass is 9.94. The fourth-order valence-electron chi connectivity index (χ4n) is 2.07. The van der Waals surface area contributed by atoms with Crippen LogP contribution >= 0.6 is 0 Å². The summed E-state index contributed by atoms with van der Waals surface area (Å²) < 4.78 is 37.6. The van der Waals surface area contributed by atoms with Gasteiger partial charge in [-0.15, -0.1) is 0 Å². The average Bonchev–Trinajstić information content (AvgIpc) is 2.44. The Bertz CT molecular complexity index is 488. The Hall–Kier alpha value is -1.49. The summed E-state index contributed by atoms with van der Waals surface area (Å²) in [5, 5.41) is 34.0. The standard InChI is InChI=1S/C11H15F3N4O3/c12-11(13,14)7-2-15-3-8(18-7)17-5-1-16-6(4-19)10(21)9(5)20/h2-3,5-6,9-10,16,19-21H,1,4H2,(H,17,18)/t5-,6+,9+,10-/m0/s1. The van der Waals surface area contributed by atoms with E-state index in [9.17, 15) is 23.4 Å². The normalized spacial score (nSPS) is 30.2. The molecule has 0 aromatic carbocycles. The lowest BCUT2D eigenvalue weighted by Crippen LogP contribution is -2.63. The van der Waals surface area contributed by atoms with Crippen LogP contribution < -0.4 is 10.6 Å². The summed E-state index contributed by atoms with van der Waals surface area (Å²) in [5.74, 6) is -0.162. The number of nitrogens with zero attached hydrogens (tertiary/aromatic N) is 2. The summed E-state index contributed by atoms with van der Waals surface area (Å²) in [7, 11) is 0. The molecule has 0 bridgehead atoms. The first-order chi connectivity index (χ1) is 9.82. The molecule has 0 radical (unpaired) electrons. The summed E-state index contributed by atoms with van der Waals surface area (Å²) in [5.41, 5.74) is -1.15. The van der Waals surface area contributed by atoms with Gasteiger partial charge in [0.2, 0.25) is 0 Å². The molecule has 1 fully saturated rings. The molecule has 0 amide bonds. The smallest absolute Gasteiger partial charge is 0.395 e. The highest BCUT2D eigenvalue weighted by Crippen LogP contribution is 2.27.